The number of carbonyl (C=O) groups is 1. The molecule has 2 unspecified atom stereocenters. The van der Waals surface area contributed by atoms with E-state index in [0.29, 0.717) is 6.04 Å². The second kappa shape index (κ2) is 8.23. The molecule has 0 saturated carbocycles. The number of thioether (sulfide) groups is 1. The van der Waals surface area contributed by atoms with E-state index >= 15 is 0 Å². The summed E-state index contributed by atoms with van der Waals surface area (Å²) in [5, 5.41) is 12.4. The molecule has 0 fully saturated rings. The average Bonchev–Trinajstić information content (AvgIpc) is 2.42. The van der Waals surface area contributed by atoms with E-state index < -0.39 is 11.9 Å². The zero-order valence-electron chi connectivity index (χ0n) is 11.8. The fourth-order valence-corrected chi connectivity index (χ4v) is 2.42. The summed E-state index contributed by atoms with van der Waals surface area (Å²) in [4.78, 5) is 10.9. The van der Waals surface area contributed by atoms with Gasteiger partial charge in [0.2, 0.25) is 0 Å². The molecule has 0 aliphatic heterocycles. The third-order valence-corrected chi connectivity index (χ3v) is 4.22. The average molecular weight is 281 g/mol. The van der Waals surface area contributed by atoms with E-state index in [9.17, 15) is 4.79 Å². The molecular weight excluding hydrogens is 258 g/mol. The number of carboxylic acid groups (broad SMARTS) is 1. The fourth-order valence-electron chi connectivity index (χ4n) is 1.71. The first-order chi connectivity index (χ1) is 9.04. The Labute approximate surface area is 119 Å². The number of aliphatic carboxylic acids is 1. The maximum Gasteiger partial charge on any atom is 0.310 e. The molecule has 1 rings (SSSR count). The molecule has 0 aliphatic rings. The molecule has 0 amide bonds. The maximum absolute atomic E-state index is 10.9. The molecule has 106 valence electrons. The summed E-state index contributed by atoms with van der Waals surface area (Å²) in [6.07, 6.45) is 0. The summed E-state index contributed by atoms with van der Waals surface area (Å²) >= 11 is 1.93. The zero-order valence-corrected chi connectivity index (χ0v) is 12.7. The van der Waals surface area contributed by atoms with Gasteiger partial charge in [0, 0.05) is 18.3 Å². The van der Waals surface area contributed by atoms with Gasteiger partial charge < -0.3 is 10.4 Å². The van der Waals surface area contributed by atoms with Crippen molar-refractivity contribution in [2.45, 2.75) is 39.3 Å². The number of carboxylic acids is 1. The van der Waals surface area contributed by atoms with Crippen molar-refractivity contribution >= 4 is 17.7 Å². The van der Waals surface area contributed by atoms with Crippen molar-refractivity contribution in [3.8, 4) is 0 Å². The molecule has 0 heterocycles. The Bertz CT molecular complexity index is 392. The predicted octanol–water partition coefficient (Wildman–Crippen LogP) is 3.11. The number of rotatable bonds is 8. The maximum atomic E-state index is 10.9. The molecule has 19 heavy (non-hydrogen) atoms. The second-order valence-corrected chi connectivity index (χ2v) is 6.06. The summed E-state index contributed by atoms with van der Waals surface area (Å²) in [7, 11) is 0. The third kappa shape index (κ3) is 5.66. The first-order valence-corrected chi connectivity index (χ1v) is 7.82. The molecule has 3 nitrogen and oxygen atoms in total. The molecule has 1 aromatic carbocycles. The van der Waals surface area contributed by atoms with Crippen molar-refractivity contribution in [2.75, 3.05) is 11.5 Å². The van der Waals surface area contributed by atoms with E-state index in [1.807, 2.05) is 36.0 Å². The van der Waals surface area contributed by atoms with Crippen LogP contribution in [0.25, 0.3) is 0 Å². The number of benzene rings is 1. The number of hydrogen-bond acceptors (Lipinski definition) is 3. The first kappa shape index (κ1) is 16.1. The Kier molecular flexibility index (Phi) is 6.95. The summed E-state index contributed by atoms with van der Waals surface area (Å²) in [5.74, 6) is 1.04. The van der Waals surface area contributed by atoms with Crippen LogP contribution in [0.4, 0.5) is 0 Å². The smallest absolute Gasteiger partial charge is 0.310 e. The van der Waals surface area contributed by atoms with Crippen LogP contribution < -0.4 is 5.32 Å². The van der Waals surface area contributed by atoms with E-state index in [2.05, 4.69) is 19.2 Å². The van der Waals surface area contributed by atoms with E-state index in [0.717, 1.165) is 23.6 Å². The molecule has 1 aromatic rings. The van der Waals surface area contributed by atoms with Crippen LogP contribution in [0, 0.1) is 0 Å². The topological polar surface area (TPSA) is 49.3 Å². The summed E-state index contributed by atoms with van der Waals surface area (Å²) < 4.78 is 0. The molecule has 4 heteroatoms. The zero-order chi connectivity index (χ0) is 14.3. The lowest BCUT2D eigenvalue weighted by Gasteiger charge is -2.13. The highest BCUT2D eigenvalue weighted by molar-refractivity contribution is 7.99. The molecule has 0 spiro atoms. The Morgan fingerprint density at radius 3 is 2.47 bits per heavy atom. The highest BCUT2D eigenvalue weighted by Gasteiger charge is 2.12. The van der Waals surface area contributed by atoms with Gasteiger partial charge in [0.15, 0.2) is 0 Å². The summed E-state index contributed by atoms with van der Waals surface area (Å²) in [5.41, 5.74) is 2.04. The SMILES string of the molecule is CCSCC(C)NCc1ccc(C(C)C(=O)O)cc1. The van der Waals surface area contributed by atoms with Crippen molar-refractivity contribution < 1.29 is 9.90 Å². The van der Waals surface area contributed by atoms with E-state index in [1.165, 1.54) is 5.56 Å². The van der Waals surface area contributed by atoms with Crippen molar-refractivity contribution in [1.29, 1.82) is 0 Å². The van der Waals surface area contributed by atoms with E-state index in [4.69, 9.17) is 5.11 Å². The van der Waals surface area contributed by atoms with Crippen LogP contribution in [0.1, 0.15) is 37.8 Å². The largest absolute Gasteiger partial charge is 0.481 e. The summed E-state index contributed by atoms with van der Waals surface area (Å²) in [6, 6.07) is 8.30. The highest BCUT2D eigenvalue weighted by atomic mass is 32.2. The van der Waals surface area contributed by atoms with Crippen molar-refractivity contribution in [3.63, 3.8) is 0 Å². The molecule has 0 aromatic heterocycles. The van der Waals surface area contributed by atoms with Crippen LogP contribution in [0.2, 0.25) is 0 Å². The molecule has 0 radical (unpaired) electrons. The first-order valence-electron chi connectivity index (χ1n) is 6.67. The lowest BCUT2D eigenvalue weighted by molar-refractivity contribution is -0.138. The van der Waals surface area contributed by atoms with Crippen molar-refractivity contribution in [2.24, 2.45) is 0 Å². The second-order valence-electron chi connectivity index (χ2n) is 4.74. The molecule has 2 atom stereocenters. The minimum absolute atomic E-state index is 0.443. The fraction of sp³-hybridized carbons (Fsp3) is 0.533. The third-order valence-electron chi connectivity index (χ3n) is 3.08. The van der Waals surface area contributed by atoms with E-state index in [1.54, 1.807) is 6.92 Å². The van der Waals surface area contributed by atoms with Crippen molar-refractivity contribution in [1.82, 2.24) is 5.32 Å². The van der Waals surface area contributed by atoms with Crippen LogP contribution in [-0.2, 0) is 11.3 Å². The lowest BCUT2D eigenvalue weighted by atomic mass is 10.00. The van der Waals surface area contributed by atoms with Crippen LogP contribution in [0.5, 0.6) is 0 Å². The van der Waals surface area contributed by atoms with Gasteiger partial charge in [0.05, 0.1) is 5.92 Å². The lowest BCUT2D eigenvalue weighted by Crippen LogP contribution is -2.27. The minimum Gasteiger partial charge on any atom is -0.481 e. The van der Waals surface area contributed by atoms with Crippen molar-refractivity contribution in [3.05, 3.63) is 35.4 Å². The molecule has 2 N–H and O–H groups in total. The standard InChI is InChI=1S/C15H23NO2S/c1-4-19-10-11(2)16-9-13-5-7-14(8-6-13)12(3)15(17)18/h5-8,11-12,16H,4,9-10H2,1-3H3,(H,17,18). The van der Waals surface area contributed by atoms with Gasteiger partial charge in [-0.15, -0.1) is 0 Å². The van der Waals surface area contributed by atoms with Crippen LogP contribution >= 0.6 is 11.8 Å². The van der Waals surface area contributed by atoms with Gasteiger partial charge in [0.25, 0.3) is 0 Å². The number of hydrogen-bond donors (Lipinski definition) is 2. The van der Waals surface area contributed by atoms with Gasteiger partial charge in [-0.2, -0.15) is 11.8 Å². The van der Waals surface area contributed by atoms with Gasteiger partial charge in [0.1, 0.15) is 0 Å². The Morgan fingerprint density at radius 1 is 1.32 bits per heavy atom. The van der Waals surface area contributed by atoms with Gasteiger partial charge >= 0.3 is 5.97 Å². The highest BCUT2D eigenvalue weighted by Crippen LogP contribution is 2.16. The Morgan fingerprint density at radius 2 is 1.95 bits per heavy atom. The van der Waals surface area contributed by atoms with E-state index in [-0.39, 0.29) is 0 Å². The van der Waals surface area contributed by atoms with Gasteiger partial charge in [-0.05, 0) is 30.7 Å². The molecular formula is C15H23NO2S. The molecule has 0 saturated heterocycles. The summed E-state index contributed by atoms with van der Waals surface area (Å²) in [6.45, 7) is 6.88. The Hall–Kier alpha value is -1.00. The Balaban J connectivity index is 2.46. The normalized spacial score (nSPS) is 14.1. The number of nitrogens with one attached hydrogen (secondary N) is 1. The monoisotopic (exact) mass is 281 g/mol. The van der Waals surface area contributed by atoms with Gasteiger partial charge in [-0.1, -0.05) is 31.2 Å². The predicted molar refractivity (Wildman–Crippen MR) is 81.8 cm³/mol. The van der Waals surface area contributed by atoms with Crippen LogP contribution in [-0.4, -0.2) is 28.6 Å². The quantitative estimate of drug-likeness (QED) is 0.768. The van der Waals surface area contributed by atoms with Gasteiger partial charge in [-0.25, -0.2) is 0 Å². The van der Waals surface area contributed by atoms with Gasteiger partial charge in [-0.3, -0.25) is 4.79 Å². The van der Waals surface area contributed by atoms with Crippen LogP contribution in [0.3, 0.4) is 0 Å². The van der Waals surface area contributed by atoms with Crippen LogP contribution in [0.15, 0.2) is 24.3 Å². The minimum atomic E-state index is -0.781. The molecule has 0 bridgehead atoms. The molecule has 0 aliphatic carbocycles.